The summed E-state index contributed by atoms with van der Waals surface area (Å²) in [6.07, 6.45) is 0. The molecule has 2 heterocycles. The Morgan fingerprint density at radius 1 is 1.18 bits per heavy atom. The van der Waals surface area contributed by atoms with Gasteiger partial charge in [0.1, 0.15) is 0 Å². The number of carbonyl (C=O) groups is 1. The van der Waals surface area contributed by atoms with Crippen LogP contribution in [-0.2, 0) is 6.54 Å². The number of hydrogen-bond acceptors (Lipinski definition) is 3. The summed E-state index contributed by atoms with van der Waals surface area (Å²) in [7, 11) is 0. The Balaban J connectivity index is 1.84. The fourth-order valence-corrected chi connectivity index (χ4v) is 3.49. The van der Waals surface area contributed by atoms with E-state index < -0.39 is 0 Å². The first-order valence-electron chi connectivity index (χ1n) is 9.26. The van der Waals surface area contributed by atoms with Crippen LogP contribution in [0.5, 0.6) is 0 Å². The minimum absolute atomic E-state index is 0.286. The van der Waals surface area contributed by atoms with E-state index in [2.05, 4.69) is 30.3 Å². The molecular weight excluding hydrogens is 372 g/mol. The monoisotopic (exact) mass is 392 g/mol. The van der Waals surface area contributed by atoms with Gasteiger partial charge in [-0.1, -0.05) is 49.2 Å². The maximum atomic E-state index is 12.8. The molecule has 0 unspecified atom stereocenters. The van der Waals surface area contributed by atoms with E-state index >= 15 is 0 Å². The summed E-state index contributed by atoms with van der Waals surface area (Å²) in [5.74, 6) is 0.605. The number of aryl methyl sites for hydroxylation is 1. The highest BCUT2D eigenvalue weighted by molar-refractivity contribution is 6.34. The Bertz CT molecular complexity index is 1200. The number of hydrogen-bond donors (Lipinski definition) is 1. The van der Waals surface area contributed by atoms with Crippen molar-refractivity contribution in [3.8, 4) is 0 Å². The van der Waals surface area contributed by atoms with E-state index in [0.717, 1.165) is 27.5 Å². The van der Waals surface area contributed by atoms with Crippen LogP contribution >= 0.6 is 11.6 Å². The molecule has 1 N–H and O–H groups in total. The van der Waals surface area contributed by atoms with E-state index in [1.54, 1.807) is 24.3 Å². The molecule has 0 aliphatic heterocycles. The maximum Gasteiger partial charge on any atom is 0.258 e. The van der Waals surface area contributed by atoms with Crippen LogP contribution in [0.3, 0.4) is 0 Å². The zero-order valence-electron chi connectivity index (χ0n) is 16.0. The minimum Gasteiger partial charge on any atom is -0.304 e. The van der Waals surface area contributed by atoms with Crippen molar-refractivity contribution in [1.29, 1.82) is 0 Å². The SMILES string of the molecule is Cc1ccc2nc3c(cc2c1)c(NC(=O)c1ccccc1Cl)nn3CC(C)C. The second-order valence-corrected chi connectivity index (χ2v) is 7.82. The highest BCUT2D eigenvalue weighted by Crippen LogP contribution is 2.28. The highest BCUT2D eigenvalue weighted by Gasteiger charge is 2.18. The van der Waals surface area contributed by atoms with Gasteiger partial charge in [0, 0.05) is 11.9 Å². The van der Waals surface area contributed by atoms with Crippen molar-refractivity contribution >= 4 is 45.3 Å². The third-order valence-corrected chi connectivity index (χ3v) is 4.89. The molecule has 0 atom stereocenters. The Morgan fingerprint density at radius 2 is 1.96 bits per heavy atom. The number of rotatable bonds is 4. The lowest BCUT2D eigenvalue weighted by atomic mass is 10.1. The molecule has 6 heteroatoms. The minimum atomic E-state index is -0.286. The first-order valence-corrected chi connectivity index (χ1v) is 9.64. The second kappa shape index (κ2) is 7.24. The lowest BCUT2D eigenvalue weighted by molar-refractivity contribution is 0.102. The van der Waals surface area contributed by atoms with Gasteiger partial charge in [-0.3, -0.25) is 4.79 Å². The van der Waals surface area contributed by atoms with Gasteiger partial charge in [-0.05, 0) is 43.2 Å². The molecule has 4 rings (SSSR count). The summed E-state index contributed by atoms with van der Waals surface area (Å²) in [6.45, 7) is 7.01. The quantitative estimate of drug-likeness (QED) is 0.502. The first kappa shape index (κ1) is 18.4. The van der Waals surface area contributed by atoms with Crippen molar-refractivity contribution in [2.75, 3.05) is 5.32 Å². The van der Waals surface area contributed by atoms with Gasteiger partial charge in [0.05, 0.1) is 21.5 Å². The predicted octanol–water partition coefficient (Wildman–Crippen LogP) is 5.45. The Hall–Kier alpha value is -2.92. The summed E-state index contributed by atoms with van der Waals surface area (Å²) in [5.41, 5.74) is 3.25. The smallest absolute Gasteiger partial charge is 0.258 e. The van der Waals surface area contributed by atoms with E-state index in [1.807, 2.05) is 29.8 Å². The van der Waals surface area contributed by atoms with Crippen LogP contribution in [0, 0.1) is 12.8 Å². The van der Waals surface area contributed by atoms with Gasteiger partial charge < -0.3 is 5.32 Å². The van der Waals surface area contributed by atoms with Gasteiger partial charge in [0.25, 0.3) is 5.91 Å². The van der Waals surface area contributed by atoms with Gasteiger partial charge >= 0.3 is 0 Å². The van der Waals surface area contributed by atoms with Crippen molar-refractivity contribution < 1.29 is 4.79 Å². The molecule has 0 fully saturated rings. The van der Waals surface area contributed by atoms with Gasteiger partial charge in [-0.15, -0.1) is 0 Å². The number of nitrogens with one attached hydrogen (secondary N) is 1. The molecule has 0 aliphatic carbocycles. The number of halogens is 1. The van der Waals surface area contributed by atoms with Gasteiger partial charge in [0.2, 0.25) is 0 Å². The molecule has 0 radical (unpaired) electrons. The number of nitrogens with zero attached hydrogens (tertiary/aromatic N) is 3. The Morgan fingerprint density at radius 3 is 2.71 bits per heavy atom. The number of benzene rings is 2. The van der Waals surface area contributed by atoms with E-state index in [4.69, 9.17) is 16.6 Å². The molecular formula is C22H21ClN4O. The third kappa shape index (κ3) is 3.45. The van der Waals surface area contributed by atoms with Crippen LogP contribution in [0.15, 0.2) is 48.5 Å². The zero-order valence-corrected chi connectivity index (χ0v) is 16.8. The summed E-state index contributed by atoms with van der Waals surface area (Å²) >= 11 is 6.17. The molecule has 2 aromatic carbocycles. The normalized spacial score (nSPS) is 11.5. The van der Waals surface area contributed by atoms with E-state index in [0.29, 0.717) is 28.9 Å². The van der Waals surface area contributed by atoms with Gasteiger partial charge in [-0.2, -0.15) is 5.10 Å². The summed E-state index contributed by atoms with van der Waals surface area (Å²) in [5, 5.41) is 9.81. The number of amides is 1. The maximum absolute atomic E-state index is 12.8. The van der Waals surface area contributed by atoms with Crippen LogP contribution in [0.25, 0.3) is 21.9 Å². The molecule has 4 aromatic rings. The average Bonchev–Trinajstić information content (AvgIpc) is 2.96. The topological polar surface area (TPSA) is 59.8 Å². The van der Waals surface area contributed by atoms with Crippen molar-refractivity contribution in [2.24, 2.45) is 5.92 Å². The van der Waals surface area contributed by atoms with Gasteiger partial charge in [0.15, 0.2) is 11.5 Å². The number of pyridine rings is 1. The van der Waals surface area contributed by atoms with Crippen molar-refractivity contribution in [1.82, 2.24) is 14.8 Å². The molecule has 2 aromatic heterocycles. The summed E-state index contributed by atoms with van der Waals surface area (Å²) in [6, 6.07) is 15.2. The van der Waals surface area contributed by atoms with Crippen LogP contribution in [0.4, 0.5) is 5.82 Å². The first-order chi connectivity index (χ1) is 13.4. The molecule has 0 saturated heterocycles. The fraction of sp³-hybridized carbons (Fsp3) is 0.227. The fourth-order valence-electron chi connectivity index (χ4n) is 3.26. The van der Waals surface area contributed by atoms with E-state index in [1.165, 1.54) is 0 Å². The molecule has 0 saturated carbocycles. The van der Waals surface area contributed by atoms with Crippen LogP contribution in [0.1, 0.15) is 29.8 Å². The third-order valence-electron chi connectivity index (χ3n) is 4.56. The van der Waals surface area contributed by atoms with Crippen LogP contribution in [0.2, 0.25) is 5.02 Å². The lowest BCUT2D eigenvalue weighted by Crippen LogP contribution is -2.14. The van der Waals surface area contributed by atoms with Crippen molar-refractivity contribution in [2.45, 2.75) is 27.3 Å². The molecule has 1 amide bonds. The van der Waals surface area contributed by atoms with Crippen LogP contribution in [-0.4, -0.2) is 20.7 Å². The van der Waals surface area contributed by atoms with Crippen molar-refractivity contribution in [3.05, 3.63) is 64.7 Å². The molecule has 0 aliphatic rings. The lowest BCUT2D eigenvalue weighted by Gasteiger charge is -2.06. The zero-order chi connectivity index (χ0) is 19.8. The van der Waals surface area contributed by atoms with Crippen LogP contribution < -0.4 is 5.32 Å². The molecule has 28 heavy (non-hydrogen) atoms. The standard InChI is InChI=1S/C22H21ClN4O/c1-13(2)12-27-21-17(11-15-10-14(3)8-9-19(15)24-21)20(26-27)25-22(28)16-6-4-5-7-18(16)23/h4-11,13H,12H2,1-3H3,(H,25,26,28). The summed E-state index contributed by atoms with van der Waals surface area (Å²) < 4.78 is 1.86. The molecule has 0 bridgehead atoms. The Kier molecular flexibility index (Phi) is 4.77. The van der Waals surface area contributed by atoms with Gasteiger partial charge in [-0.25, -0.2) is 9.67 Å². The predicted molar refractivity (Wildman–Crippen MR) is 114 cm³/mol. The number of anilines is 1. The second-order valence-electron chi connectivity index (χ2n) is 7.41. The number of carbonyl (C=O) groups excluding carboxylic acids is 1. The summed E-state index contributed by atoms with van der Waals surface area (Å²) in [4.78, 5) is 17.6. The largest absolute Gasteiger partial charge is 0.304 e. The van der Waals surface area contributed by atoms with E-state index in [9.17, 15) is 4.79 Å². The number of aromatic nitrogens is 3. The Labute approximate surface area is 168 Å². The van der Waals surface area contributed by atoms with E-state index in [-0.39, 0.29) is 5.91 Å². The van der Waals surface area contributed by atoms with Crippen molar-refractivity contribution in [3.63, 3.8) is 0 Å². The molecule has 5 nitrogen and oxygen atoms in total. The highest BCUT2D eigenvalue weighted by atomic mass is 35.5. The molecule has 0 spiro atoms. The average molecular weight is 393 g/mol. The number of fused-ring (bicyclic) bond motifs is 2. The molecule has 142 valence electrons.